The molecule has 2 saturated heterocycles. The molecule has 4 heteroatoms. The highest BCUT2D eigenvalue weighted by molar-refractivity contribution is 5.78. The zero-order valence-electron chi connectivity index (χ0n) is 11.0. The van der Waals surface area contributed by atoms with E-state index in [0.29, 0.717) is 18.5 Å². The normalized spacial score (nSPS) is 35.0. The van der Waals surface area contributed by atoms with Crippen LogP contribution in [0.1, 0.15) is 51.4 Å². The van der Waals surface area contributed by atoms with E-state index in [1.807, 2.05) is 0 Å². The van der Waals surface area contributed by atoms with Crippen LogP contribution in [0.15, 0.2) is 0 Å². The maximum Gasteiger partial charge on any atom is 0.220 e. The summed E-state index contributed by atoms with van der Waals surface area (Å²) in [6, 6.07) is 0.925. The van der Waals surface area contributed by atoms with E-state index in [-0.39, 0.29) is 11.5 Å². The maximum atomic E-state index is 11.1. The Morgan fingerprint density at radius 1 is 1.33 bits per heavy atom. The fourth-order valence-electron chi connectivity index (χ4n) is 3.71. The average Bonchev–Trinajstić information content (AvgIpc) is 2.97. The summed E-state index contributed by atoms with van der Waals surface area (Å²) in [5.74, 6) is 0.209. The molecule has 1 amide bonds. The predicted molar refractivity (Wildman–Crippen MR) is 69.3 cm³/mol. The third-order valence-electron chi connectivity index (χ3n) is 4.75. The van der Waals surface area contributed by atoms with Crippen molar-refractivity contribution in [1.29, 1.82) is 0 Å². The standard InChI is InChI=1S/C14H24N2O2/c17-13-4-3-12(16-13)10-15-11-5-8-18-14(9-11)6-1-2-7-14/h11-12,15H,1-10H2,(H,16,17). The summed E-state index contributed by atoms with van der Waals surface area (Å²) in [6.07, 6.45) is 9.09. The number of hydrogen-bond donors (Lipinski definition) is 2. The summed E-state index contributed by atoms with van der Waals surface area (Å²) >= 11 is 0. The minimum atomic E-state index is 0.189. The van der Waals surface area contributed by atoms with Gasteiger partial charge in [0.2, 0.25) is 5.91 Å². The lowest BCUT2D eigenvalue weighted by atomic mass is 9.89. The highest BCUT2D eigenvalue weighted by Crippen LogP contribution is 2.39. The molecule has 102 valence electrons. The Morgan fingerprint density at radius 3 is 2.89 bits per heavy atom. The van der Waals surface area contributed by atoms with Crippen LogP contribution in [0, 0.1) is 0 Å². The van der Waals surface area contributed by atoms with Gasteiger partial charge in [-0.2, -0.15) is 0 Å². The van der Waals surface area contributed by atoms with E-state index in [9.17, 15) is 4.79 Å². The molecule has 3 aliphatic rings. The molecule has 1 spiro atoms. The summed E-state index contributed by atoms with van der Waals surface area (Å²) in [7, 11) is 0. The van der Waals surface area contributed by atoms with Crippen LogP contribution in [0.2, 0.25) is 0 Å². The Hall–Kier alpha value is -0.610. The molecule has 2 heterocycles. The van der Waals surface area contributed by atoms with E-state index < -0.39 is 0 Å². The first kappa shape index (κ1) is 12.4. The summed E-state index contributed by atoms with van der Waals surface area (Å²) in [5.41, 5.74) is 0.189. The van der Waals surface area contributed by atoms with Crippen LogP contribution in [-0.2, 0) is 9.53 Å². The van der Waals surface area contributed by atoms with Gasteiger partial charge in [-0.25, -0.2) is 0 Å². The molecular weight excluding hydrogens is 228 g/mol. The minimum Gasteiger partial charge on any atom is -0.375 e. The molecule has 3 fully saturated rings. The molecule has 2 unspecified atom stereocenters. The number of hydrogen-bond acceptors (Lipinski definition) is 3. The first-order valence-corrected chi connectivity index (χ1v) is 7.43. The van der Waals surface area contributed by atoms with Gasteiger partial charge in [0.05, 0.1) is 5.60 Å². The third kappa shape index (κ3) is 2.69. The van der Waals surface area contributed by atoms with Gasteiger partial charge in [0.15, 0.2) is 0 Å². The van der Waals surface area contributed by atoms with Gasteiger partial charge < -0.3 is 15.4 Å². The Bertz CT molecular complexity index is 313. The number of carbonyl (C=O) groups is 1. The van der Waals surface area contributed by atoms with E-state index in [1.165, 1.54) is 25.7 Å². The van der Waals surface area contributed by atoms with Crippen LogP contribution in [-0.4, -0.2) is 36.7 Å². The fraction of sp³-hybridized carbons (Fsp3) is 0.929. The Balaban J connectivity index is 1.46. The average molecular weight is 252 g/mol. The summed E-state index contributed by atoms with van der Waals surface area (Å²) in [5, 5.41) is 6.66. The maximum absolute atomic E-state index is 11.1. The van der Waals surface area contributed by atoms with Gasteiger partial charge in [0.1, 0.15) is 0 Å². The second kappa shape index (κ2) is 5.17. The predicted octanol–water partition coefficient (Wildman–Crippen LogP) is 1.35. The monoisotopic (exact) mass is 252 g/mol. The van der Waals surface area contributed by atoms with Crippen molar-refractivity contribution in [3.05, 3.63) is 0 Å². The van der Waals surface area contributed by atoms with Crippen molar-refractivity contribution in [1.82, 2.24) is 10.6 Å². The van der Waals surface area contributed by atoms with Gasteiger partial charge in [-0.3, -0.25) is 4.79 Å². The zero-order valence-corrected chi connectivity index (χ0v) is 11.0. The van der Waals surface area contributed by atoms with E-state index in [0.717, 1.165) is 32.4 Å². The van der Waals surface area contributed by atoms with E-state index in [4.69, 9.17) is 4.74 Å². The van der Waals surface area contributed by atoms with Crippen molar-refractivity contribution in [3.63, 3.8) is 0 Å². The first-order valence-electron chi connectivity index (χ1n) is 7.43. The van der Waals surface area contributed by atoms with E-state index in [2.05, 4.69) is 10.6 Å². The molecule has 18 heavy (non-hydrogen) atoms. The molecule has 0 aromatic heterocycles. The fourth-order valence-corrected chi connectivity index (χ4v) is 3.71. The van der Waals surface area contributed by atoms with Crippen LogP contribution in [0.5, 0.6) is 0 Å². The van der Waals surface area contributed by atoms with E-state index >= 15 is 0 Å². The minimum absolute atomic E-state index is 0.189. The molecule has 2 atom stereocenters. The Morgan fingerprint density at radius 2 is 2.17 bits per heavy atom. The van der Waals surface area contributed by atoms with Gasteiger partial charge >= 0.3 is 0 Å². The van der Waals surface area contributed by atoms with Crippen molar-refractivity contribution < 1.29 is 9.53 Å². The van der Waals surface area contributed by atoms with Crippen LogP contribution in [0.25, 0.3) is 0 Å². The lowest BCUT2D eigenvalue weighted by molar-refractivity contribution is -0.119. The molecule has 0 radical (unpaired) electrons. The van der Waals surface area contributed by atoms with Gasteiger partial charge in [-0.1, -0.05) is 12.8 Å². The summed E-state index contributed by atoms with van der Waals surface area (Å²) < 4.78 is 6.04. The van der Waals surface area contributed by atoms with Crippen molar-refractivity contribution >= 4 is 5.91 Å². The Kier molecular flexibility index (Phi) is 3.57. The van der Waals surface area contributed by atoms with Gasteiger partial charge in [-0.05, 0) is 32.1 Å². The number of rotatable bonds is 3. The van der Waals surface area contributed by atoms with Crippen molar-refractivity contribution in [3.8, 4) is 0 Å². The molecular formula is C14H24N2O2. The third-order valence-corrected chi connectivity index (χ3v) is 4.75. The molecule has 2 aliphatic heterocycles. The van der Waals surface area contributed by atoms with Crippen molar-refractivity contribution in [2.45, 2.75) is 69.1 Å². The highest BCUT2D eigenvalue weighted by Gasteiger charge is 2.39. The second-order valence-corrected chi connectivity index (χ2v) is 6.14. The molecule has 0 aromatic rings. The number of carbonyl (C=O) groups excluding carboxylic acids is 1. The summed E-state index contributed by atoms with van der Waals surface area (Å²) in [6.45, 7) is 1.82. The van der Waals surface area contributed by atoms with Crippen LogP contribution >= 0.6 is 0 Å². The smallest absolute Gasteiger partial charge is 0.220 e. The van der Waals surface area contributed by atoms with Crippen LogP contribution in [0.4, 0.5) is 0 Å². The topological polar surface area (TPSA) is 50.4 Å². The quantitative estimate of drug-likeness (QED) is 0.797. The first-order chi connectivity index (χ1) is 8.76. The SMILES string of the molecule is O=C1CCC(CNC2CCOC3(CCCC3)C2)N1. The van der Waals surface area contributed by atoms with Gasteiger partial charge in [-0.15, -0.1) is 0 Å². The van der Waals surface area contributed by atoms with Crippen molar-refractivity contribution in [2.24, 2.45) is 0 Å². The zero-order chi connectivity index (χ0) is 12.4. The van der Waals surface area contributed by atoms with E-state index in [1.54, 1.807) is 0 Å². The molecule has 0 aromatic carbocycles. The van der Waals surface area contributed by atoms with Crippen molar-refractivity contribution in [2.75, 3.05) is 13.2 Å². The van der Waals surface area contributed by atoms with Gasteiger partial charge in [0, 0.05) is 31.7 Å². The number of amides is 1. The second-order valence-electron chi connectivity index (χ2n) is 6.14. The molecule has 3 rings (SSSR count). The molecule has 4 nitrogen and oxygen atoms in total. The molecule has 1 saturated carbocycles. The number of ether oxygens (including phenoxy) is 1. The summed E-state index contributed by atoms with van der Waals surface area (Å²) in [4.78, 5) is 11.1. The van der Waals surface area contributed by atoms with Gasteiger partial charge in [0.25, 0.3) is 0 Å². The lowest BCUT2D eigenvalue weighted by Crippen LogP contribution is -2.48. The molecule has 1 aliphatic carbocycles. The largest absolute Gasteiger partial charge is 0.375 e. The molecule has 2 N–H and O–H groups in total. The Labute approximate surface area is 109 Å². The number of nitrogens with one attached hydrogen (secondary N) is 2. The van der Waals surface area contributed by atoms with Crippen LogP contribution in [0.3, 0.4) is 0 Å². The van der Waals surface area contributed by atoms with Crippen LogP contribution < -0.4 is 10.6 Å². The highest BCUT2D eigenvalue weighted by atomic mass is 16.5. The lowest BCUT2D eigenvalue weighted by Gasteiger charge is -2.39. The molecule has 0 bridgehead atoms.